The first-order valence-electron chi connectivity index (χ1n) is 9.47. The van der Waals surface area contributed by atoms with Gasteiger partial charge in [-0.3, -0.25) is 14.8 Å². The average molecular weight is 350 g/mol. The monoisotopic (exact) mass is 350 g/mol. The van der Waals surface area contributed by atoms with Crippen LogP contribution in [0.5, 0.6) is 0 Å². The molecule has 0 aliphatic heterocycles. The average Bonchev–Trinajstić information content (AvgIpc) is 2.91. The molecule has 0 spiro atoms. The summed E-state index contributed by atoms with van der Waals surface area (Å²) in [6.07, 6.45) is 12.0. The maximum Gasteiger partial charge on any atom is 0.270 e. The van der Waals surface area contributed by atoms with Crippen molar-refractivity contribution < 1.29 is 4.79 Å². The van der Waals surface area contributed by atoms with Gasteiger partial charge in [-0.25, -0.2) is 0 Å². The third kappa shape index (κ3) is 3.49. The van der Waals surface area contributed by atoms with Crippen LogP contribution in [-0.2, 0) is 6.54 Å². The first-order chi connectivity index (χ1) is 12.6. The molecule has 2 bridgehead atoms. The maximum atomic E-state index is 12.6. The zero-order valence-corrected chi connectivity index (χ0v) is 15.3. The Bertz CT molecular complexity index is 794. The number of aryl methyl sites for hydroxylation is 1. The van der Waals surface area contributed by atoms with Crippen LogP contribution in [0.4, 0.5) is 0 Å². The minimum absolute atomic E-state index is 0.0498. The number of carbonyl (C=O) groups excluding carboxylic acids is 1. The normalized spacial score (nSPS) is 27.3. The molecule has 2 atom stereocenters. The molecule has 0 radical (unpaired) electrons. The van der Waals surface area contributed by atoms with Gasteiger partial charge in [-0.2, -0.15) is 0 Å². The number of pyridine rings is 2. The standard InChI is InChI=1S/C21H26N4O/c1-16-11-17(13-22-12-16)14-24-20-6-4-7-21(15-20,9-8-20)25-19(26)18-5-2-3-10-23-18/h2-3,5,10-13,24H,4,6-9,14-15H2,1H3,(H,25,26). The molecule has 2 heterocycles. The molecule has 5 nitrogen and oxygen atoms in total. The summed E-state index contributed by atoms with van der Waals surface area (Å²) >= 11 is 0. The van der Waals surface area contributed by atoms with Crippen molar-refractivity contribution in [3.63, 3.8) is 0 Å². The molecular weight excluding hydrogens is 324 g/mol. The van der Waals surface area contributed by atoms with Crippen molar-refractivity contribution in [2.45, 2.75) is 63.1 Å². The van der Waals surface area contributed by atoms with Crippen LogP contribution >= 0.6 is 0 Å². The molecule has 5 heteroatoms. The Morgan fingerprint density at radius 1 is 1.15 bits per heavy atom. The predicted molar refractivity (Wildman–Crippen MR) is 101 cm³/mol. The second-order valence-electron chi connectivity index (χ2n) is 7.98. The van der Waals surface area contributed by atoms with E-state index in [2.05, 4.69) is 33.6 Å². The number of hydrogen-bond donors (Lipinski definition) is 2. The van der Waals surface area contributed by atoms with Crippen molar-refractivity contribution in [1.82, 2.24) is 20.6 Å². The van der Waals surface area contributed by atoms with Crippen molar-refractivity contribution in [3.8, 4) is 0 Å². The van der Waals surface area contributed by atoms with E-state index in [1.54, 1.807) is 12.3 Å². The zero-order chi connectivity index (χ0) is 18.0. The first-order valence-corrected chi connectivity index (χ1v) is 9.47. The number of nitrogens with zero attached hydrogens (tertiary/aromatic N) is 2. The molecule has 2 aromatic heterocycles. The molecular formula is C21H26N4O. The van der Waals surface area contributed by atoms with Crippen LogP contribution in [0.3, 0.4) is 0 Å². The summed E-state index contributed by atoms with van der Waals surface area (Å²) in [5, 5.41) is 7.12. The molecule has 2 fully saturated rings. The number of nitrogens with one attached hydrogen (secondary N) is 2. The van der Waals surface area contributed by atoms with Gasteiger partial charge in [0.25, 0.3) is 5.91 Å². The minimum atomic E-state index is -0.0926. The summed E-state index contributed by atoms with van der Waals surface area (Å²) in [5.41, 5.74) is 2.95. The van der Waals surface area contributed by atoms with E-state index < -0.39 is 0 Å². The summed E-state index contributed by atoms with van der Waals surface area (Å²) < 4.78 is 0. The lowest BCUT2D eigenvalue weighted by molar-refractivity contribution is 0.0863. The third-order valence-corrected chi connectivity index (χ3v) is 5.94. The number of amides is 1. The Morgan fingerprint density at radius 2 is 2.00 bits per heavy atom. The fourth-order valence-corrected chi connectivity index (χ4v) is 4.71. The van der Waals surface area contributed by atoms with Gasteiger partial charge >= 0.3 is 0 Å². The van der Waals surface area contributed by atoms with E-state index in [-0.39, 0.29) is 17.0 Å². The fraction of sp³-hybridized carbons (Fsp3) is 0.476. The molecule has 4 rings (SSSR count). The Morgan fingerprint density at radius 3 is 2.81 bits per heavy atom. The topological polar surface area (TPSA) is 66.9 Å². The van der Waals surface area contributed by atoms with Gasteiger partial charge in [0.1, 0.15) is 5.69 Å². The van der Waals surface area contributed by atoms with Crippen molar-refractivity contribution in [2.24, 2.45) is 0 Å². The van der Waals surface area contributed by atoms with E-state index in [4.69, 9.17) is 0 Å². The van der Waals surface area contributed by atoms with Gasteiger partial charge in [-0.15, -0.1) is 0 Å². The second-order valence-corrected chi connectivity index (χ2v) is 7.98. The molecule has 2 saturated carbocycles. The van der Waals surface area contributed by atoms with E-state index in [0.717, 1.165) is 38.6 Å². The van der Waals surface area contributed by atoms with Gasteiger partial charge in [0, 0.05) is 36.2 Å². The highest BCUT2D eigenvalue weighted by atomic mass is 16.2. The molecule has 0 aromatic carbocycles. The van der Waals surface area contributed by atoms with Crippen LogP contribution in [0.25, 0.3) is 0 Å². The summed E-state index contributed by atoms with van der Waals surface area (Å²) in [4.78, 5) is 21.1. The molecule has 26 heavy (non-hydrogen) atoms. The highest BCUT2D eigenvalue weighted by molar-refractivity contribution is 5.92. The molecule has 2 aliphatic carbocycles. The Kier molecular flexibility index (Phi) is 4.49. The zero-order valence-electron chi connectivity index (χ0n) is 15.3. The lowest BCUT2D eigenvalue weighted by Gasteiger charge is -2.40. The van der Waals surface area contributed by atoms with Gasteiger partial charge in [0.05, 0.1) is 0 Å². The van der Waals surface area contributed by atoms with Crippen LogP contribution in [-0.4, -0.2) is 27.0 Å². The van der Waals surface area contributed by atoms with E-state index >= 15 is 0 Å². The highest BCUT2D eigenvalue weighted by Gasteiger charge is 2.51. The molecule has 2 unspecified atom stereocenters. The summed E-state index contributed by atoms with van der Waals surface area (Å²) in [7, 11) is 0. The summed E-state index contributed by atoms with van der Waals surface area (Å²) in [5.74, 6) is -0.0498. The van der Waals surface area contributed by atoms with Crippen LogP contribution in [0.2, 0.25) is 0 Å². The predicted octanol–water partition coefficient (Wildman–Crippen LogP) is 3.15. The Hall–Kier alpha value is -2.27. The van der Waals surface area contributed by atoms with Crippen LogP contribution in [0.15, 0.2) is 42.9 Å². The maximum absolute atomic E-state index is 12.6. The Labute approximate surface area is 154 Å². The lowest BCUT2D eigenvalue weighted by atomic mass is 9.78. The number of carbonyl (C=O) groups is 1. The number of aromatic nitrogens is 2. The second kappa shape index (κ2) is 6.80. The summed E-state index contributed by atoms with van der Waals surface area (Å²) in [6, 6.07) is 7.65. The van der Waals surface area contributed by atoms with Gasteiger partial charge in [0.15, 0.2) is 0 Å². The quantitative estimate of drug-likeness (QED) is 0.869. The molecule has 136 valence electrons. The molecule has 2 aliphatic rings. The van der Waals surface area contributed by atoms with E-state index in [1.807, 2.05) is 24.5 Å². The number of rotatable bonds is 5. The highest BCUT2D eigenvalue weighted by Crippen LogP contribution is 2.48. The van der Waals surface area contributed by atoms with Gasteiger partial charge in [-0.1, -0.05) is 12.1 Å². The molecule has 0 saturated heterocycles. The van der Waals surface area contributed by atoms with E-state index in [1.165, 1.54) is 17.5 Å². The minimum Gasteiger partial charge on any atom is -0.345 e. The third-order valence-electron chi connectivity index (χ3n) is 5.94. The SMILES string of the molecule is Cc1cncc(CNC23CCCC(NC(=O)c4ccccn4)(CC2)C3)c1. The molecule has 1 amide bonds. The fourth-order valence-electron chi connectivity index (χ4n) is 4.71. The molecule has 2 N–H and O–H groups in total. The van der Waals surface area contributed by atoms with Crippen molar-refractivity contribution in [3.05, 3.63) is 59.7 Å². The van der Waals surface area contributed by atoms with Gasteiger partial charge in [0.2, 0.25) is 0 Å². The van der Waals surface area contributed by atoms with Gasteiger partial charge < -0.3 is 10.6 Å². The lowest BCUT2D eigenvalue weighted by Crippen LogP contribution is -2.54. The van der Waals surface area contributed by atoms with E-state index in [9.17, 15) is 4.79 Å². The van der Waals surface area contributed by atoms with Crippen LogP contribution < -0.4 is 10.6 Å². The van der Waals surface area contributed by atoms with Crippen molar-refractivity contribution in [1.29, 1.82) is 0 Å². The van der Waals surface area contributed by atoms with Crippen LogP contribution in [0, 0.1) is 6.92 Å². The number of hydrogen-bond acceptors (Lipinski definition) is 4. The largest absolute Gasteiger partial charge is 0.345 e. The molecule has 2 aromatic rings. The van der Waals surface area contributed by atoms with Crippen molar-refractivity contribution >= 4 is 5.91 Å². The van der Waals surface area contributed by atoms with E-state index in [0.29, 0.717) is 5.69 Å². The number of fused-ring (bicyclic) bond motifs is 2. The first kappa shape index (κ1) is 17.2. The van der Waals surface area contributed by atoms with Gasteiger partial charge in [-0.05, 0) is 68.7 Å². The van der Waals surface area contributed by atoms with Crippen molar-refractivity contribution in [2.75, 3.05) is 0 Å². The smallest absolute Gasteiger partial charge is 0.270 e. The summed E-state index contributed by atoms with van der Waals surface area (Å²) in [6.45, 7) is 2.90. The Balaban J connectivity index is 1.43. The van der Waals surface area contributed by atoms with Crippen LogP contribution in [0.1, 0.15) is 60.1 Å².